The normalized spacial score (nSPS) is 23.1. The van der Waals surface area contributed by atoms with Crippen molar-refractivity contribution in [3.05, 3.63) is 12.4 Å². The summed E-state index contributed by atoms with van der Waals surface area (Å²) in [6, 6.07) is 0.371. The second-order valence-corrected chi connectivity index (χ2v) is 6.83. The molecule has 2 heterocycles. The Bertz CT molecular complexity index is 438. The molecule has 4 nitrogen and oxygen atoms in total. The molecule has 0 aromatic carbocycles. The van der Waals surface area contributed by atoms with E-state index in [-0.39, 0.29) is 18.3 Å². The molecule has 0 N–H and O–H groups in total. The standard InChI is InChI=1S/C14H25BN2O2/c1-10(2)11(3)17-9-12(8-16-17)15-18-13(4,5)14(6,7)19-15/h8-11H,1-7H3. The highest BCUT2D eigenvalue weighted by atomic mass is 16.7. The zero-order valence-electron chi connectivity index (χ0n) is 13.1. The zero-order valence-corrected chi connectivity index (χ0v) is 13.1. The van der Waals surface area contributed by atoms with Crippen LogP contribution in [0.2, 0.25) is 0 Å². The second kappa shape index (κ2) is 4.63. The van der Waals surface area contributed by atoms with Crippen molar-refractivity contribution in [2.24, 2.45) is 5.92 Å². The number of aromatic nitrogens is 2. The van der Waals surface area contributed by atoms with Gasteiger partial charge in [-0.2, -0.15) is 5.10 Å². The van der Waals surface area contributed by atoms with Crippen molar-refractivity contribution < 1.29 is 9.31 Å². The van der Waals surface area contributed by atoms with Crippen LogP contribution in [0.3, 0.4) is 0 Å². The molecule has 0 saturated carbocycles. The minimum absolute atomic E-state index is 0.302. The molecule has 5 heteroatoms. The van der Waals surface area contributed by atoms with Gasteiger partial charge >= 0.3 is 7.12 Å². The van der Waals surface area contributed by atoms with Gasteiger partial charge < -0.3 is 9.31 Å². The smallest absolute Gasteiger partial charge is 0.399 e. The Balaban J connectivity index is 2.17. The lowest BCUT2D eigenvalue weighted by molar-refractivity contribution is 0.00578. The van der Waals surface area contributed by atoms with E-state index in [1.165, 1.54) is 0 Å². The lowest BCUT2D eigenvalue weighted by atomic mass is 9.82. The lowest BCUT2D eigenvalue weighted by Crippen LogP contribution is -2.41. The van der Waals surface area contributed by atoms with Crippen LogP contribution in [0, 0.1) is 5.92 Å². The minimum Gasteiger partial charge on any atom is -0.399 e. The summed E-state index contributed by atoms with van der Waals surface area (Å²) in [5.74, 6) is 0.547. The summed E-state index contributed by atoms with van der Waals surface area (Å²) in [6.45, 7) is 14.8. The first-order valence-corrected chi connectivity index (χ1v) is 7.04. The van der Waals surface area contributed by atoms with Crippen LogP contribution in [0.25, 0.3) is 0 Å². The third kappa shape index (κ3) is 2.58. The molecule has 1 saturated heterocycles. The van der Waals surface area contributed by atoms with Crippen molar-refractivity contribution in [3.8, 4) is 0 Å². The Morgan fingerprint density at radius 2 is 1.63 bits per heavy atom. The summed E-state index contributed by atoms with van der Waals surface area (Å²) in [5.41, 5.74) is 0.388. The maximum atomic E-state index is 6.03. The Morgan fingerprint density at radius 1 is 1.11 bits per heavy atom. The monoisotopic (exact) mass is 264 g/mol. The molecule has 106 valence electrons. The van der Waals surface area contributed by atoms with Crippen LogP contribution >= 0.6 is 0 Å². The van der Waals surface area contributed by atoms with Crippen LogP contribution in [0.1, 0.15) is 54.5 Å². The highest BCUT2D eigenvalue weighted by Crippen LogP contribution is 2.36. The molecule has 1 aromatic heterocycles. The molecule has 1 unspecified atom stereocenters. The highest BCUT2D eigenvalue weighted by Gasteiger charge is 2.52. The predicted octanol–water partition coefficient (Wildman–Crippen LogP) is 2.40. The fourth-order valence-electron chi connectivity index (χ4n) is 1.98. The first-order chi connectivity index (χ1) is 8.64. The van der Waals surface area contributed by atoms with Gasteiger partial charge in [-0.3, -0.25) is 4.68 Å². The van der Waals surface area contributed by atoms with Crippen molar-refractivity contribution in [1.29, 1.82) is 0 Å². The second-order valence-electron chi connectivity index (χ2n) is 6.83. The summed E-state index contributed by atoms with van der Waals surface area (Å²) in [5, 5.41) is 4.43. The molecular formula is C14H25BN2O2. The van der Waals surface area contributed by atoms with Crippen LogP contribution in [-0.4, -0.2) is 28.1 Å². The molecule has 1 aliphatic heterocycles. The van der Waals surface area contributed by atoms with E-state index in [4.69, 9.17) is 9.31 Å². The molecule has 0 bridgehead atoms. The van der Waals surface area contributed by atoms with Gasteiger partial charge in [0, 0.05) is 17.9 Å². The Morgan fingerprint density at radius 3 is 2.11 bits per heavy atom. The molecule has 19 heavy (non-hydrogen) atoms. The zero-order chi connectivity index (χ0) is 14.4. The van der Waals surface area contributed by atoms with Gasteiger partial charge in [-0.25, -0.2) is 0 Å². The van der Waals surface area contributed by atoms with Crippen LogP contribution in [0.5, 0.6) is 0 Å². The van der Waals surface area contributed by atoms with Gasteiger partial charge in [-0.05, 0) is 40.5 Å². The fraction of sp³-hybridized carbons (Fsp3) is 0.786. The average Bonchev–Trinajstić information content (AvgIpc) is 2.81. The van der Waals surface area contributed by atoms with E-state index in [0.29, 0.717) is 12.0 Å². The van der Waals surface area contributed by atoms with E-state index >= 15 is 0 Å². The molecule has 0 spiro atoms. The number of hydrogen-bond donors (Lipinski definition) is 0. The summed E-state index contributed by atoms with van der Waals surface area (Å²) in [6.07, 6.45) is 3.88. The van der Waals surface area contributed by atoms with E-state index in [0.717, 1.165) is 5.46 Å². The first kappa shape index (κ1) is 14.6. The van der Waals surface area contributed by atoms with Gasteiger partial charge in [0.2, 0.25) is 0 Å². The Hall–Kier alpha value is -0.805. The lowest BCUT2D eigenvalue weighted by Gasteiger charge is -2.32. The quantitative estimate of drug-likeness (QED) is 0.786. The van der Waals surface area contributed by atoms with Gasteiger partial charge in [-0.1, -0.05) is 13.8 Å². The van der Waals surface area contributed by atoms with Crippen molar-refractivity contribution in [2.75, 3.05) is 0 Å². The van der Waals surface area contributed by atoms with E-state index < -0.39 is 0 Å². The van der Waals surface area contributed by atoms with Gasteiger partial charge in [0.15, 0.2) is 0 Å². The van der Waals surface area contributed by atoms with Gasteiger partial charge in [0.1, 0.15) is 0 Å². The topological polar surface area (TPSA) is 36.3 Å². The first-order valence-electron chi connectivity index (χ1n) is 7.04. The average molecular weight is 264 g/mol. The maximum absolute atomic E-state index is 6.03. The van der Waals surface area contributed by atoms with Crippen molar-refractivity contribution in [3.63, 3.8) is 0 Å². The maximum Gasteiger partial charge on any atom is 0.498 e. The van der Waals surface area contributed by atoms with Crippen LogP contribution in [0.15, 0.2) is 12.4 Å². The van der Waals surface area contributed by atoms with Crippen LogP contribution in [-0.2, 0) is 9.31 Å². The van der Waals surface area contributed by atoms with Gasteiger partial charge in [0.05, 0.1) is 17.2 Å². The van der Waals surface area contributed by atoms with Crippen LogP contribution < -0.4 is 5.46 Å². The predicted molar refractivity (Wildman–Crippen MR) is 77.5 cm³/mol. The van der Waals surface area contributed by atoms with Gasteiger partial charge in [0.25, 0.3) is 0 Å². The minimum atomic E-state index is -0.321. The number of rotatable bonds is 3. The van der Waals surface area contributed by atoms with Crippen LogP contribution in [0.4, 0.5) is 0 Å². The largest absolute Gasteiger partial charge is 0.498 e. The molecule has 2 rings (SSSR count). The summed E-state index contributed by atoms with van der Waals surface area (Å²) in [4.78, 5) is 0. The Kier molecular flexibility index (Phi) is 3.56. The molecule has 1 aliphatic rings. The summed E-state index contributed by atoms with van der Waals surface area (Å²) in [7, 11) is -0.321. The van der Waals surface area contributed by atoms with E-state index in [9.17, 15) is 0 Å². The SMILES string of the molecule is CC(C)C(C)n1cc(B2OC(C)(C)C(C)(C)O2)cn1. The Labute approximate surface area is 116 Å². The summed E-state index contributed by atoms with van der Waals surface area (Å²) >= 11 is 0. The van der Waals surface area contributed by atoms with E-state index in [1.807, 2.05) is 17.1 Å². The van der Waals surface area contributed by atoms with E-state index in [2.05, 4.69) is 53.6 Å². The molecule has 0 amide bonds. The van der Waals surface area contributed by atoms with Crippen molar-refractivity contribution in [2.45, 2.75) is 65.7 Å². The van der Waals surface area contributed by atoms with Gasteiger partial charge in [-0.15, -0.1) is 0 Å². The fourth-order valence-corrected chi connectivity index (χ4v) is 1.98. The molecule has 1 aromatic rings. The van der Waals surface area contributed by atoms with E-state index in [1.54, 1.807) is 0 Å². The highest BCUT2D eigenvalue weighted by molar-refractivity contribution is 6.61. The third-order valence-corrected chi connectivity index (χ3v) is 4.53. The third-order valence-electron chi connectivity index (χ3n) is 4.53. The number of hydrogen-bond acceptors (Lipinski definition) is 3. The molecule has 1 atom stereocenters. The summed E-state index contributed by atoms with van der Waals surface area (Å²) < 4.78 is 14.0. The number of nitrogens with zero attached hydrogens (tertiary/aromatic N) is 2. The molecule has 0 radical (unpaired) electrons. The van der Waals surface area contributed by atoms with Crippen molar-refractivity contribution in [1.82, 2.24) is 9.78 Å². The molecule has 0 aliphatic carbocycles. The van der Waals surface area contributed by atoms with Crippen molar-refractivity contribution >= 4 is 12.6 Å². The molecular weight excluding hydrogens is 239 g/mol. The molecule has 1 fully saturated rings.